The normalized spacial score (nSPS) is 13.0. The number of aromatic carboxylic acids is 1. The van der Waals surface area contributed by atoms with Crippen molar-refractivity contribution in [3.63, 3.8) is 0 Å². The number of aliphatic hydroxyl groups is 2. The van der Waals surface area contributed by atoms with Gasteiger partial charge in [0.1, 0.15) is 0 Å². The van der Waals surface area contributed by atoms with E-state index in [0.29, 0.717) is 34.5 Å². The molecule has 7 N–H and O–H groups in total. The van der Waals surface area contributed by atoms with E-state index < -0.39 is 17.9 Å². The zero-order chi connectivity index (χ0) is 51.3. The van der Waals surface area contributed by atoms with Crippen molar-refractivity contribution in [1.29, 1.82) is 0 Å². The number of rotatable bonds is 18. The van der Waals surface area contributed by atoms with Crippen LogP contribution < -0.4 is 35.4 Å². The Hall–Kier alpha value is -4.51. The monoisotopic (exact) mass is 977 g/mol. The molecule has 0 aromatic heterocycles. The number of ether oxygens (including phenoxy) is 2. The Labute approximate surface area is 436 Å². The molecule has 2 unspecified atom stereocenters. The molecule has 0 aliphatic heterocycles. The molecule has 4 rings (SSSR count). The zero-order valence-electron chi connectivity index (χ0n) is 42.3. The van der Waals surface area contributed by atoms with E-state index in [1.807, 2.05) is 54.1 Å². The summed E-state index contributed by atoms with van der Waals surface area (Å²) in [5.74, 6) is 2.25. The molecule has 1 aliphatic rings. The Balaban J connectivity index is -0.000000247. The van der Waals surface area contributed by atoms with E-state index in [4.69, 9.17) is 30.4 Å². The molecule has 0 amide bonds. The number of carboxylic acids is 2. The fourth-order valence-electron chi connectivity index (χ4n) is 6.45. The fourth-order valence-corrected chi connectivity index (χ4v) is 6.45. The summed E-state index contributed by atoms with van der Waals surface area (Å²) >= 11 is 0. The molecule has 0 saturated heterocycles. The molecule has 1 saturated carbocycles. The Morgan fingerprint density at radius 2 is 1.06 bits per heavy atom. The van der Waals surface area contributed by atoms with E-state index in [9.17, 15) is 24.0 Å². The third kappa shape index (κ3) is 38.0. The molecule has 0 bridgehead atoms. The number of nitrogens with zero attached hydrogens (tertiary/aromatic N) is 1. The van der Waals surface area contributed by atoms with Crippen LogP contribution in [0.3, 0.4) is 0 Å². The second kappa shape index (κ2) is 51.3. The van der Waals surface area contributed by atoms with Crippen LogP contribution in [-0.2, 0) is 14.3 Å². The van der Waals surface area contributed by atoms with Gasteiger partial charge in [-0.1, -0.05) is 171 Å². The average molecular weight is 977 g/mol. The SMILES string of the molecule is C.CC(C)O.CCCCC=Cc1ccccc1C(=O)O.CCCCC=Cc1ccccc1C(=O)OC.CCCCCCC1CCCCC1C(=O)O.CO.COC(=O)c1ccccc1C=O.N[N-]O.[Na+]. The van der Waals surface area contributed by atoms with Crippen LogP contribution in [0.15, 0.2) is 84.9 Å². The van der Waals surface area contributed by atoms with Gasteiger partial charge in [-0.3, -0.25) is 9.59 Å². The van der Waals surface area contributed by atoms with Crippen LogP contribution >= 0.6 is 0 Å². The summed E-state index contributed by atoms with van der Waals surface area (Å²) in [7, 11) is 3.68. The van der Waals surface area contributed by atoms with Crippen LogP contribution in [0.4, 0.5) is 0 Å². The molecule has 3 aromatic carbocycles. The molecule has 1 aliphatic carbocycles. The number of aliphatic hydroxyl groups excluding tert-OH is 2. The molecule has 2 atom stereocenters. The largest absolute Gasteiger partial charge is 1.00 e. The molecule has 3 aromatic rings. The van der Waals surface area contributed by atoms with Gasteiger partial charge in [-0.2, -0.15) is 0 Å². The van der Waals surface area contributed by atoms with Crippen molar-refractivity contribution in [2.45, 2.75) is 144 Å². The van der Waals surface area contributed by atoms with Gasteiger partial charge in [-0.25, -0.2) is 14.4 Å². The van der Waals surface area contributed by atoms with E-state index in [2.05, 4.69) is 37.4 Å². The van der Waals surface area contributed by atoms with Gasteiger partial charge in [0.2, 0.25) is 0 Å². The summed E-state index contributed by atoms with van der Waals surface area (Å²) in [5.41, 5.74) is 5.34. The van der Waals surface area contributed by atoms with Gasteiger partial charge in [0.05, 0.1) is 36.8 Å². The first-order valence-corrected chi connectivity index (χ1v) is 23.1. The number of aldehydes is 1. The standard InChI is InChI=1S/C14H18O2.C13H24O2.C13H16O2.C9H8O3.C3H8O.CH4O.CH4.H3N2O.Na/c1-3-4-5-6-9-12-10-7-8-11-13(12)14(15)16-2;2*1-2-3-4-5-8-11-9-6-7-10-12(11)13(14)15;1-12-9(11)8-5-3-2-4-7(8)6-10;1-3(2)4;1-2;;1-2-3;/h6-11H,3-5H2,1-2H3;11-12H,2-10H2,1H3,(H,14,15);5-10H,2-4H2,1H3,(H,14,15);2-6H,1H3;3-4H,1-2H3;2H,1H3;1H4;3H,1H2;/q;;;;;;;-1;+1. The number of carboxylic acid groups (broad SMARTS) is 2. The van der Waals surface area contributed by atoms with E-state index >= 15 is 0 Å². The number of hydrogen-bond acceptors (Lipinski definition) is 11. The van der Waals surface area contributed by atoms with E-state index in [-0.39, 0.29) is 55.0 Å². The third-order valence-corrected chi connectivity index (χ3v) is 9.75. The van der Waals surface area contributed by atoms with Gasteiger partial charge in [-0.05, 0) is 81.2 Å². The zero-order valence-corrected chi connectivity index (χ0v) is 44.3. The summed E-state index contributed by atoms with van der Waals surface area (Å²) < 4.78 is 9.21. The van der Waals surface area contributed by atoms with Gasteiger partial charge < -0.3 is 46.5 Å². The molecule has 384 valence electrons. The summed E-state index contributed by atoms with van der Waals surface area (Å²) in [5, 5.41) is 40.1. The first-order valence-electron chi connectivity index (χ1n) is 23.1. The molecule has 14 nitrogen and oxygen atoms in total. The molecule has 15 heteroatoms. The number of hydrogen-bond donors (Lipinski definition) is 6. The number of nitrogens with two attached hydrogens (primary N) is 1. The molecule has 1 fully saturated rings. The van der Waals surface area contributed by atoms with Crippen LogP contribution in [0.1, 0.15) is 191 Å². The average Bonchev–Trinajstić information content (AvgIpc) is 3.34. The van der Waals surface area contributed by atoms with Gasteiger partial charge in [0.15, 0.2) is 6.29 Å². The fraction of sp³-hybridized carbons (Fsp3) is 0.500. The smallest absolute Gasteiger partial charge is 0.488 e. The molecular formula is C54H85N2NaO12. The minimum Gasteiger partial charge on any atom is -0.488 e. The number of carbonyl (C=O) groups is 5. The van der Waals surface area contributed by atoms with Gasteiger partial charge in [0, 0.05) is 18.8 Å². The first-order chi connectivity index (χ1) is 32.2. The Kier molecular flexibility index (Phi) is 54.7. The number of carbonyl (C=O) groups excluding carboxylic acids is 3. The Morgan fingerprint density at radius 1 is 0.681 bits per heavy atom. The van der Waals surface area contributed by atoms with E-state index in [0.717, 1.165) is 69.6 Å². The van der Waals surface area contributed by atoms with Gasteiger partial charge in [0.25, 0.3) is 0 Å². The van der Waals surface area contributed by atoms with Crippen molar-refractivity contribution >= 4 is 42.3 Å². The Morgan fingerprint density at radius 3 is 1.45 bits per heavy atom. The minimum atomic E-state index is -0.870. The number of unbranched alkanes of at least 4 members (excludes halogenated alkanes) is 7. The maximum Gasteiger partial charge on any atom is 1.00 e. The first kappa shape index (κ1) is 73.5. The van der Waals surface area contributed by atoms with E-state index in [1.54, 1.807) is 56.3 Å². The summed E-state index contributed by atoms with van der Waals surface area (Å²) in [6.07, 6.45) is 25.8. The summed E-state index contributed by atoms with van der Waals surface area (Å²) in [4.78, 5) is 54.8. The van der Waals surface area contributed by atoms with Gasteiger partial charge in [-0.15, -0.1) is 0 Å². The minimum absolute atomic E-state index is 0. The molecule has 0 spiro atoms. The van der Waals surface area contributed by atoms with Crippen molar-refractivity contribution in [3.05, 3.63) is 124 Å². The van der Waals surface area contributed by atoms with Crippen LogP contribution in [0.25, 0.3) is 17.7 Å². The predicted molar refractivity (Wildman–Crippen MR) is 275 cm³/mol. The third-order valence-electron chi connectivity index (χ3n) is 9.75. The van der Waals surface area contributed by atoms with Crippen LogP contribution in [0.5, 0.6) is 0 Å². The van der Waals surface area contributed by atoms with Crippen molar-refractivity contribution < 1.29 is 88.6 Å². The quantitative estimate of drug-likeness (QED) is 0.0174. The number of methoxy groups -OCH3 is 2. The predicted octanol–water partition coefficient (Wildman–Crippen LogP) is 9.66. The molecular weight excluding hydrogens is 892 g/mol. The molecule has 0 heterocycles. The summed E-state index contributed by atoms with van der Waals surface area (Å²) in [6.45, 7) is 9.95. The van der Waals surface area contributed by atoms with Crippen molar-refractivity contribution in [2.24, 2.45) is 17.7 Å². The molecule has 0 radical (unpaired) electrons. The van der Waals surface area contributed by atoms with Crippen LogP contribution in [0.2, 0.25) is 0 Å². The number of aliphatic carboxylic acids is 1. The second-order valence-electron chi connectivity index (χ2n) is 15.3. The number of benzene rings is 3. The van der Waals surface area contributed by atoms with Crippen LogP contribution in [-0.4, -0.2) is 83.2 Å². The topological polar surface area (TPSA) is 245 Å². The van der Waals surface area contributed by atoms with Crippen LogP contribution in [0, 0.1) is 11.8 Å². The number of esters is 2. The maximum absolute atomic E-state index is 11.5. The summed E-state index contributed by atoms with van der Waals surface area (Å²) in [6, 6.07) is 21.0. The van der Waals surface area contributed by atoms with Crippen molar-refractivity contribution in [3.8, 4) is 0 Å². The van der Waals surface area contributed by atoms with E-state index in [1.165, 1.54) is 59.2 Å². The molecule has 69 heavy (non-hydrogen) atoms. The Bertz CT molecular complexity index is 1800. The number of allylic oxidation sites excluding steroid dienone is 2. The second-order valence-corrected chi connectivity index (χ2v) is 15.3. The van der Waals surface area contributed by atoms with Gasteiger partial charge >= 0.3 is 53.4 Å². The maximum atomic E-state index is 11.5. The van der Waals surface area contributed by atoms with Crippen molar-refractivity contribution in [1.82, 2.24) is 0 Å². The van der Waals surface area contributed by atoms with Crippen molar-refractivity contribution in [2.75, 3.05) is 21.3 Å².